The van der Waals surface area contributed by atoms with Gasteiger partial charge in [0.2, 0.25) is 0 Å². The first-order chi connectivity index (χ1) is 14.4. The Morgan fingerprint density at radius 2 is 1.87 bits per heavy atom. The highest BCUT2D eigenvalue weighted by Gasteiger charge is 2.32. The van der Waals surface area contributed by atoms with Crippen LogP contribution in [0.4, 0.5) is 10.5 Å². The molecule has 1 saturated carbocycles. The fraction of sp³-hybridized carbons (Fsp3) is 0.391. The number of benzene rings is 2. The van der Waals surface area contributed by atoms with E-state index in [1.165, 1.54) is 7.11 Å². The Morgan fingerprint density at radius 1 is 1.17 bits per heavy atom. The number of ether oxygens (including phenoxy) is 1. The summed E-state index contributed by atoms with van der Waals surface area (Å²) in [4.78, 5) is 26.8. The highest BCUT2D eigenvalue weighted by atomic mass is 16.5. The summed E-state index contributed by atoms with van der Waals surface area (Å²) in [6, 6.07) is 12.0. The fourth-order valence-corrected chi connectivity index (χ4v) is 3.07. The Morgan fingerprint density at radius 3 is 2.47 bits per heavy atom. The van der Waals surface area contributed by atoms with E-state index in [1.807, 2.05) is 13.8 Å². The van der Waals surface area contributed by atoms with Gasteiger partial charge in [-0.15, -0.1) is 0 Å². The lowest BCUT2D eigenvalue weighted by molar-refractivity contribution is 0.0949. The van der Waals surface area contributed by atoms with Gasteiger partial charge in [0, 0.05) is 30.4 Å². The minimum atomic E-state index is -0.193. The molecule has 0 aromatic heterocycles. The number of urea groups is 1. The van der Waals surface area contributed by atoms with Crippen molar-refractivity contribution in [2.45, 2.75) is 39.3 Å². The second-order valence-corrected chi connectivity index (χ2v) is 7.98. The number of hydrogen-bond acceptors (Lipinski definition) is 4. The predicted octanol–water partition coefficient (Wildman–Crippen LogP) is 3.98. The van der Waals surface area contributed by atoms with Crippen molar-refractivity contribution in [3.05, 3.63) is 53.6 Å². The quantitative estimate of drug-likeness (QED) is 0.613. The maximum Gasteiger partial charge on any atom is 0.322 e. The Balaban J connectivity index is 1.63. The van der Waals surface area contributed by atoms with E-state index in [4.69, 9.17) is 4.74 Å². The Kier molecular flexibility index (Phi) is 6.82. The largest absolute Gasteiger partial charge is 0.504 e. The van der Waals surface area contributed by atoms with Crippen molar-refractivity contribution < 1.29 is 19.4 Å². The van der Waals surface area contributed by atoms with Gasteiger partial charge in [-0.25, -0.2) is 4.79 Å². The van der Waals surface area contributed by atoms with E-state index in [2.05, 4.69) is 10.6 Å². The van der Waals surface area contributed by atoms with Gasteiger partial charge in [-0.05, 0) is 60.7 Å². The summed E-state index contributed by atoms with van der Waals surface area (Å²) in [5.41, 5.74) is 2.07. The molecule has 0 aliphatic heterocycles. The van der Waals surface area contributed by atoms with Crippen LogP contribution in [0.25, 0.3) is 0 Å². The third kappa shape index (κ3) is 5.65. The second kappa shape index (κ2) is 9.52. The van der Waals surface area contributed by atoms with Crippen molar-refractivity contribution in [3.8, 4) is 11.5 Å². The number of amides is 3. The molecule has 2 aromatic carbocycles. The maximum absolute atomic E-state index is 12.9. The van der Waals surface area contributed by atoms with E-state index in [-0.39, 0.29) is 23.7 Å². The van der Waals surface area contributed by atoms with E-state index < -0.39 is 0 Å². The molecule has 0 heterocycles. The van der Waals surface area contributed by atoms with Gasteiger partial charge in [-0.2, -0.15) is 0 Å². The number of methoxy groups -OCH3 is 1. The molecule has 30 heavy (non-hydrogen) atoms. The summed E-state index contributed by atoms with van der Waals surface area (Å²) in [5, 5.41) is 15.6. The van der Waals surface area contributed by atoms with Crippen molar-refractivity contribution in [1.29, 1.82) is 0 Å². The van der Waals surface area contributed by atoms with Crippen LogP contribution in [0.15, 0.2) is 42.5 Å². The SMILES string of the molecule is COc1cc(CN(C(=O)Nc2ccc(C(=O)NCC(C)C)cc2)C2CC2)ccc1O. The molecule has 1 fully saturated rings. The number of carbonyl (C=O) groups is 2. The molecule has 0 spiro atoms. The van der Waals surface area contributed by atoms with Crippen LogP contribution in [0.3, 0.4) is 0 Å². The predicted molar refractivity (Wildman–Crippen MR) is 116 cm³/mol. The number of carbonyl (C=O) groups excluding carboxylic acids is 2. The van der Waals surface area contributed by atoms with Crippen LogP contribution in [0.5, 0.6) is 11.5 Å². The number of rotatable bonds is 8. The van der Waals surface area contributed by atoms with Crippen LogP contribution in [0, 0.1) is 5.92 Å². The van der Waals surface area contributed by atoms with Gasteiger partial charge in [0.1, 0.15) is 0 Å². The Hall–Kier alpha value is -3.22. The molecule has 0 radical (unpaired) electrons. The van der Waals surface area contributed by atoms with E-state index in [1.54, 1.807) is 47.4 Å². The number of aromatic hydroxyl groups is 1. The molecule has 7 heteroatoms. The molecule has 3 N–H and O–H groups in total. The molecule has 1 aliphatic rings. The minimum Gasteiger partial charge on any atom is -0.504 e. The van der Waals surface area contributed by atoms with Crippen LogP contribution in [0.1, 0.15) is 42.6 Å². The monoisotopic (exact) mass is 411 g/mol. The zero-order valence-electron chi connectivity index (χ0n) is 17.6. The molecular formula is C23H29N3O4. The second-order valence-electron chi connectivity index (χ2n) is 7.98. The van der Waals surface area contributed by atoms with Gasteiger partial charge in [-0.1, -0.05) is 19.9 Å². The van der Waals surface area contributed by atoms with Gasteiger partial charge in [0.05, 0.1) is 7.11 Å². The smallest absolute Gasteiger partial charge is 0.322 e. The first-order valence-electron chi connectivity index (χ1n) is 10.2. The number of nitrogens with zero attached hydrogens (tertiary/aromatic N) is 1. The molecular weight excluding hydrogens is 382 g/mol. The highest BCUT2D eigenvalue weighted by Crippen LogP contribution is 2.31. The van der Waals surface area contributed by atoms with Crippen LogP contribution in [-0.4, -0.2) is 41.6 Å². The van der Waals surface area contributed by atoms with Crippen LogP contribution in [0.2, 0.25) is 0 Å². The summed E-state index contributed by atoms with van der Waals surface area (Å²) in [7, 11) is 1.50. The molecule has 7 nitrogen and oxygen atoms in total. The zero-order chi connectivity index (χ0) is 21.7. The average molecular weight is 412 g/mol. The van der Waals surface area contributed by atoms with Gasteiger partial charge in [-0.3, -0.25) is 4.79 Å². The van der Waals surface area contributed by atoms with E-state index >= 15 is 0 Å². The van der Waals surface area contributed by atoms with Crippen molar-refractivity contribution in [3.63, 3.8) is 0 Å². The highest BCUT2D eigenvalue weighted by molar-refractivity contribution is 5.95. The molecule has 0 saturated heterocycles. The van der Waals surface area contributed by atoms with Gasteiger partial charge < -0.3 is 25.4 Å². The van der Waals surface area contributed by atoms with Crippen molar-refractivity contribution >= 4 is 17.6 Å². The fourth-order valence-electron chi connectivity index (χ4n) is 3.07. The first kappa shape index (κ1) is 21.5. The molecule has 3 rings (SSSR count). The van der Waals surface area contributed by atoms with Crippen molar-refractivity contribution in [1.82, 2.24) is 10.2 Å². The summed E-state index contributed by atoms with van der Waals surface area (Å²) >= 11 is 0. The minimum absolute atomic E-state index is 0.0706. The standard InChI is InChI=1S/C23H29N3O4/c1-15(2)13-24-22(28)17-5-7-18(8-6-17)25-23(29)26(19-9-10-19)14-16-4-11-20(27)21(12-16)30-3/h4-8,11-12,15,19,27H,9-10,13-14H2,1-3H3,(H,24,28)(H,25,29). The zero-order valence-corrected chi connectivity index (χ0v) is 17.6. The lowest BCUT2D eigenvalue weighted by atomic mass is 10.1. The van der Waals surface area contributed by atoms with Crippen LogP contribution >= 0.6 is 0 Å². The molecule has 0 atom stereocenters. The Bertz CT molecular complexity index is 892. The molecule has 3 amide bonds. The van der Waals surface area contributed by atoms with E-state index in [0.29, 0.717) is 36.0 Å². The summed E-state index contributed by atoms with van der Waals surface area (Å²) in [6.07, 6.45) is 1.94. The third-order valence-corrected chi connectivity index (χ3v) is 4.91. The van der Waals surface area contributed by atoms with Gasteiger partial charge in [0.25, 0.3) is 5.91 Å². The first-order valence-corrected chi connectivity index (χ1v) is 10.2. The topological polar surface area (TPSA) is 90.9 Å². The molecule has 1 aliphatic carbocycles. The third-order valence-electron chi connectivity index (χ3n) is 4.91. The summed E-state index contributed by atoms with van der Waals surface area (Å²) in [5.74, 6) is 0.716. The number of nitrogens with one attached hydrogen (secondary N) is 2. The van der Waals surface area contributed by atoms with Gasteiger partial charge >= 0.3 is 6.03 Å². The van der Waals surface area contributed by atoms with E-state index in [9.17, 15) is 14.7 Å². The Labute approximate surface area is 177 Å². The summed E-state index contributed by atoms with van der Waals surface area (Å²) < 4.78 is 5.16. The molecule has 2 aromatic rings. The molecule has 0 unspecified atom stereocenters. The maximum atomic E-state index is 12.9. The van der Waals surface area contributed by atoms with Crippen LogP contribution in [-0.2, 0) is 6.54 Å². The average Bonchev–Trinajstić information content (AvgIpc) is 3.56. The van der Waals surface area contributed by atoms with E-state index in [0.717, 1.165) is 18.4 Å². The lowest BCUT2D eigenvalue weighted by Gasteiger charge is -2.23. The van der Waals surface area contributed by atoms with Crippen molar-refractivity contribution in [2.24, 2.45) is 5.92 Å². The number of phenols is 1. The molecule has 0 bridgehead atoms. The number of anilines is 1. The number of phenolic OH excluding ortho intramolecular Hbond substituents is 1. The van der Waals surface area contributed by atoms with Gasteiger partial charge in [0.15, 0.2) is 11.5 Å². The lowest BCUT2D eigenvalue weighted by Crippen LogP contribution is -2.36. The van der Waals surface area contributed by atoms with Crippen molar-refractivity contribution in [2.75, 3.05) is 19.0 Å². The normalized spacial score (nSPS) is 13.1. The van der Waals surface area contributed by atoms with Crippen LogP contribution < -0.4 is 15.4 Å². The molecule has 160 valence electrons. The number of hydrogen-bond donors (Lipinski definition) is 3. The summed E-state index contributed by atoms with van der Waals surface area (Å²) in [6.45, 7) is 5.12.